The zero-order valence-corrected chi connectivity index (χ0v) is 11.3. The fourth-order valence-electron chi connectivity index (χ4n) is 2.22. The van der Waals surface area contributed by atoms with Gasteiger partial charge in [-0.1, -0.05) is 0 Å². The van der Waals surface area contributed by atoms with Crippen LogP contribution in [0.3, 0.4) is 0 Å². The number of hydrogen-bond donors (Lipinski definition) is 3. The van der Waals surface area contributed by atoms with Crippen molar-refractivity contribution < 1.29 is 9.53 Å². The predicted octanol–water partition coefficient (Wildman–Crippen LogP) is 1.06. The second kappa shape index (κ2) is 5.53. The quantitative estimate of drug-likeness (QED) is 0.761. The SMILES string of the molecule is CNC(=O)c1c(N)nsc1NC1CCC(OC)C1. The van der Waals surface area contributed by atoms with Crippen molar-refractivity contribution in [2.75, 3.05) is 25.2 Å². The zero-order chi connectivity index (χ0) is 13.1. The van der Waals surface area contributed by atoms with Crippen molar-refractivity contribution in [1.29, 1.82) is 0 Å². The highest BCUT2D eigenvalue weighted by Gasteiger charge is 2.27. The smallest absolute Gasteiger partial charge is 0.257 e. The minimum atomic E-state index is -0.204. The second-order valence-corrected chi connectivity index (χ2v) is 5.14. The molecule has 1 aromatic rings. The van der Waals surface area contributed by atoms with E-state index < -0.39 is 0 Å². The molecule has 7 heteroatoms. The first kappa shape index (κ1) is 13.1. The van der Waals surface area contributed by atoms with Gasteiger partial charge in [0.15, 0.2) is 5.82 Å². The van der Waals surface area contributed by atoms with Crippen LogP contribution in [0.2, 0.25) is 0 Å². The summed E-state index contributed by atoms with van der Waals surface area (Å²) in [7, 11) is 3.31. The first-order valence-electron chi connectivity index (χ1n) is 5.92. The summed E-state index contributed by atoms with van der Waals surface area (Å²) < 4.78 is 9.36. The lowest BCUT2D eigenvalue weighted by atomic mass is 10.2. The third kappa shape index (κ3) is 2.56. The number of ether oxygens (including phenoxy) is 1. The number of rotatable bonds is 4. The minimum absolute atomic E-state index is 0.204. The number of amides is 1. The van der Waals surface area contributed by atoms with E-state index in [1.807, 2.05) is 0 Å². The number of nitrogens with one attached hydrogen (secondary N) is 2. The number of methoxy groups -OCH3 is 1. The Hall–Kier alpha value is -1.34. The Bertz CT molecular complexity index is 435. The second-order valence-electron chi connectivity index (χ2n) is 4.36. The maximum Gasteiger partial charge on any atom is 0.257 e. The van der Waals surface area contributed by atoms with Gasteiger partial charge in [-0.05, 0) is 30.8 Å². The Morgan fingerprint density at radius 3 is 2.94 bits per heavy atom. The van der Waals surface area contributed by atoms with Crippen LogP contribution in [-0.4, -0.2) is 36.6 Å². The minimum Gasteiger partial charge on any atom is -0.382 e. The highest BCUT2D eigenvalue weighted by atomic mass is 32.1. The summed E-state index contributed by atoms with van der Waals surface area (Å²) in [4.78, 5) is 11.7. The number of nitrogens with zero attached hydrogens (tertiary/aromatic N) is 1. The van der Waals surface area contributed by atoms with Crippen molar-refractivity contribution in [3.8, 4) is 0 Å². The highest BCUT2D eigenvalue weighted by Crippen LogP contribution is 2.31. The largest absolute Gasteiger partial charge is 0.382 e. The predicted molar refractivity (Wildman–Crippen MR) is 72.0 cm³/mol. The lowest BCUT2D eigenvalue weighted by molar-refractivity contribution is 0.0965. The lowest BCUT2D eigenvalue weighted by Gasteiger charge is -2.13. The van der Waals surface area contributed by atoms with Crippen molar-refractivity contribution in [1.82, 2.24) is 9.69 Å². The molecule has 2 atom stereocenters. The maximum atomic E-state index is 11.7. The summed E-state index contributed by atoms with van der Waals surface area (Å²) in [5, 5.41) is 6.67. The molecule has 0 spiro atoms. The number of carbonyl (C=O) groups excluding carboxylic acids is 1. The molecule has 6 nitrogen and oxygen atoms in total. The third-order valence-electron chi connectivity index (χ3n) is 3.23. The number of hydrogen-bond acceptors (Lipinski definition) is 6. The van der Waals surface area contributed by atoms with E-state index in [2.05, 4.69) is 15.0 Å². The molecule has 0 radical (unpaired) electrons. The zero-order valence-electron chi connectivity index (χ0n) is 10.5. The third-order valence-corrected chi connectivity index (χ3v) is 4.02. The van der Waals surface area contributed by atoms with Crippen LogP contribution in [0.1, 0.15) is 29.6 Å². The Balaban J connectivity index is 2.08. The Kier molecular flexibility index (Phi) is 4.03. The first-order valence-corrected chi connectivity index (χ1v) is 6.69. The molecule has 1 heterocycles. The first-order chi connectivity index (χ1) is 8.65. The van der Waals surface area contributed by atoms with Gasteiger partial charge < -0.3 is 21.1 Å². The van der Waals surface area contributed by atoms with Crippen molar-refractivity contribution >= 4 is 28.3 Å². The lowest BCUT2D eigenvalue weighted by Crippen LogP contribution is -2.22. The number of nitrogen functional groups attached to an aromatic ring is 1. The molecule has 1 aliphatic rings. The molecule has 1 fully saturated rings. The Labute approximate surface area is 110 Å². The summed E-state index contributed by atoms with van der Waals surface area (Å²) in [5.41, 5.74) is 6.17. The molecule has 1 amide bonds. The van der Waals surface area contributed by atoms with Gasteiger partial charge in [-0.25, -0.2) is 0 Å². The maximum absolute atomic E-state index is 11.7. The number of nitrogens with two attached hydrogens (primary N) is 1. The van der Waals surface area contributed by atoms with Gasteiger partial charge in [0.1, 0.15) is 10.6 Å². The fourth-order valence-corrected chi connectivity index (χ4v) is 3.00. The van der Waals surface area contributed by atoms with Crippen LogP contribution < -0.4 is 16.4 Å². The molecule has 0 aromatic carbocycles. The average molecular weight is 270 g/mol. The summed E-state index contributed by atoms with van der Waals surface area (Å²) in [6, 6.07) is 0.318. The molecule has 1 aliphatic carbocycles. The molecular formula is C11H18N4O2S. The molecule has 1 saturated carbocycles. The van der Waals surface area contributed by atoms with Crippen LogP contribution in [0.15, 0.2) is 0 Å². The number of carbonyl (C=O) groups is 1. The van der Waals surface area contributed by atoms with Gasteiger partial charge in [-0.15, -0.1) is 0 Å². The van der Waals surface area contributed by atoms with Crippen molar-refractivity contribution in [2.45, 2.75) is 31.4 Å². The van der Waals surface area contributed by atoms with E-state index in [4.69, 9.17) is 10.5 Å². The standard InChI is InChI=1S/C11H18N4O2S/c1-13-10(16)8-9(12)15-18-11(8)14-6-3-4-7(5-6)17-2/h6-7,14H,3-5H2,1-2H3,(H2,12,15)(H,13,16). The monoisotopic (exact) mass is 270 g/mol. The van der Waals surface area contributed by atoms with Crippen LogP contribution in [0.5, 0.6) is 0 Å². The van der Waals surface area contributed by atoms with Crippen LogP contribution in [-0.2, 0) is 4.74 Å². The van der Waals surface area contributed by atoms with Crippen LogP contribution in [0, 0.1) is 0 Å². The van der Waals surface area contributed by atoms with Crippen LogP contribution >= 0.6 is 11.5 Å². The molecule has 1 aromatic heterocycles. The molecule has 2 unspecified atom stereocenters. The summed E-state index contributed by atoms with van der Waals surface area (Å²) in [6.07, 6.45) is 3.32. The van der Waals surface area contributed by atoms with E-state index in [0.717, 1.165) is 24.3 Å². The van der Waals surface area contributed by atoms with E-state index in [1.165, 1.54) is 11.5 Å². The Morgan fingerprint density at radius 1 is 1.56 bits per heavy atom. The van der Waals surface area contributed by atoms with Gasteiger partial charge in [0.25, 0.3) is 5.91 Å². The van der Waals surface area contributed by atoms with E-state index >= 15 is 0 Å². The van der Waals surface area contributed by atoms with Gasteiger partial charge >= 0.3 is 0 Å². The molecule has 0 saturated heterocycles. The van der Waals surface area contributed by atoms with Gasteiger partial charge in [0.2, 0.25) is 0 Å². The van der Waals surface area contributed by atoms with Crippen molar-refractivity contribution in [3.63, 3.8) is 0 Å². The highest BCUT2D eigenvalue weighted by molar-refractivity contribution is 7.11. The van der Waals surface area contributed by atoms with E-state index in [0.29, 0.717) is 17.7 Å². The van der Waals surface area contributed by atoms with Gasteiger partial charge in [-0.3, -0.25) is 4.79 Å². The van der Waals surface area contributed by atoms with Gasteiger partial charge in [0, 0.05) is 20.2 Å². The molecule has 100 valence electrons. The molecular weight excluding hydrogens is 252 g/mol. The Morgan fingerprint density at radius 2 is 2.33 bits per heavy atom. The van der Waals surface area contributed by atoms with Crippen molar-refractivity contribution in [2.24, 2.45) is 0 Å². The molecule has 18 heavy (non-hydrogen) atoms. The van der Waals surface area contributed by atoms with E-state index in [-0.39, 0.29) is 11.7 Å². The molecule has 0 bridgehead atoms. The number of aromatic nitrogens is 1. The van der Waals surface area contributed by atoms with Crippen molar-refractivity contribution in [3.05, 3.63) is 5.56 Å². The van der Waals surface area contributed by atoms with Gasteiger partial charge in [0.05, 0.1) is 6.10 Å². The number of anilines is 2. The molecule has 2 rings (SSSR count). The summed E-state index contributed by atoms with van der Waals surface area (Å²) in [6.45, 7) is 0. The van der Waals surface area contributed by atoms with E-state index in [9.17, 15) is 4.79 Å². The van der Waals surface area contributed by atoms with Crippen LogP contribution in [0.4, 0.5) is 10.8 Å². The van der Waals surface area contributed by atoms with Crippen LogP contribution in [0.25, 0.3) is 0 Å². The normalized spacial score (nSPS) is 23.0. The molecule has 4 N–H and O–H groups in total. The average Bonchev–Trinajstić information content (AvgIpc) is 2.96. The van der Waals surface area contributed by atoms with E-state index in [1.54, 1.807) is 14.2 Å². The summed E-state index contributed by atoms with van der Waals surface area (Å²) in [5.74, 6) is 0.0770. The topological polar surface area (TPSA) is 89.3 Å². The summed E-state index contributed by atoms with van der Waals surface area (Å²) >= 11 is 1.23. The fraction of sp³-hybridized carbons (Fsp3) is 0.636. The van der Waals surface area contributed by atoms with Gasteiger partial charge in [-0.2, -0.15) is 4.37 Å². The molecule has 0 aliphatic heterocycles.